The topological polar surface area (TPSA) is 20.3 Å². The highest BCUT2D eigenvalue weighted by atomic mass is 79.9. The molecule has 0 radical (unpaired) electrons. The lowest BCUT2D eigenvalue weighted by atomic mass is 10.5. The van der Waals surface area contributed by atoms with E-state index >= 15 is 0 Å². The van der Waals surface area contributed by atoms with E-state index in [0.717, 1.165) is 17.9 Å². The van der Waals surface area contributed by atoms with Gasteiger partial charge in [-0.25, -0.2) is 3.93 Å². The fraction of sp³-hybridized carbons (Fsp3) is 0.941. The number of hydrogen-bond acceptors (Lipinski definition) is 2. The minimum atomic E-state index is -0.456. The molecule has 0 bridgehead atoms. The second-order valence-electron chi connectivity index (χ2n) is 7.59. The number of rotatable bonds is 9. The number of nitrogens with zero attached hydrogens (tertiary/aromatic N) is 1. The van der Waals surface area contributed by atoms with Crippen molar-refractivity contribution >= 4 is 53.7 Å². The predicted octanol–water partition coefficient (Wildman–Crippen LogP) is 6.24. The summed E-state index contributed by atoms with van der Waals surface area (Å²) in [6.07, 6.45) is 1.19. The second kappa shape index (κ2) is 8.90. The number of carbonyl (C=O) groups is 1. The van der Waals surface area contributed by atoms with E-state index in [1.165, 1.54) is 6.16 Å². The lowest BCUT2D eigenvalue weighted by molar-refractivity contribution is -0.111. The van der Waals surface area contributed by atoms with Gasteiger partial charge in [-0.2, -0.15) is 0 Å². The van der Waals surface area contributed by atoms with E-state index < -0.39 is 4.45 Å². The van der Waals surface area contributed by atoms with E-state index in [2.05, 4.69) is 91.4 Å². The Balaban J connectivity index is 2.76. The highest BCUT2D eigenvalue weighted by Gasteiger charge is 2.69. The Morgan fingerprint density at radius 2 is 1.43 bits per heavy atom. The van der Waals surface area contributed by atoms with Gasteiger partial charge in [0, 0.05) is 22.7 Å². The summed E-state index contributed by atoms with van der Waals surface area (Å²) in [5.74, 6) is 0.376. The third-order valence-corrected chi connectivity index (χ3v) is 14.6. The quantitative estimate of drug-likeness (QED) is 0.166. The van der Waals surface area contributed by atoms with Gasteiger partial charge in [-0.1, -0.05) is 79.2 Å². The molecular formula is C17H33Br2NOP2. The van der Waals surface area contributed by atoms with E-state index in [1.807, 2.05) is 0 Å². The van der Waals surface area contributed by atoms with Crippen LogP contribution < -0.4 is 0 Å². The summed E-state index contributed by atoms with van der Waals surface area (Å²) in [6, 6.07) is 0. The van der Waals surface area contributed by atoms with Crippen molar-refractivity contribution in [2.75, 3.05) is 12.7 Å². The Morgan fingerprint density at radius 1 is 1.00 bits per heavy atom. The van der Waals surface area contributed by atoms with Crippen LogP contribution in [0.1, 0.15) is 55.4 Å². The molecule has 0 aliphatic heterocycles. The van der Waals surface area contributed by atoms with Crippen molar-refractivity contribution < 1.29 is 4.79 Å². The summed E-state index contributed by atoms with van der Waals surface area (Å²) in [4.78, 5) is 12.6. The summed E-state index contributed by atoms with van der Waals surface area (Å²) >= 11 is 7.52. The van der Waals surface area contributed by atoms with Crippen molar-refractivity contribution in [3.63, 3.8) is 0 Å². The SMILES string of the molecule is CC(C)P(CCN(Br)C1(Br)C(=O)C1P(C(C)C)C(C)C)C(C)C. The molecule has 136 valence electrons. The van der Waals surface area contributed by atoms with E-state index in [4.69, 9.17) is 0 Å². The molecule has 0 N–H and O–H groups in total. The van der Waals surface area contributed by atoms with E-state index in [0.29, 0.717) is 17.1 Å². The summed E-state index contributed by atoms with van der Waals surface area (Å²) < 4.78 is 1.66. The average Bonchev–Trinajstić information content (AvgIpc) is 2.92. The van der Waals surface area contributed by atoms with Gasteiger partial charge >= 0.3 is 0 Å². The Morgan fingerprint density at radius 3 is 1.78 bits per heavy atom. The van der Waals surface area contributed by atoms with Crippen LogP contribution in [0.25, 0.3) is 0 Å². The minimum Gasteiger partial charge on any atom is -0.296 e. The molecule has 1 aliphatic rings. The predicted molar refractivity (Wildman–Crippen MR) is 115 cm³/mol. The highest BCUT2D eigenvalue weighted by Crippen LogP contribution is 2.67. The van der Waals surface area contributed by atoms with Gasteiger partial charge in [0.25, 0.3) is 0 Å². The Kier molecular flexibility index (Phi) is 8.70. The van der Waals surface area contributed by atoms with Gasteiger partial charge in [0.2, 0.25) is 0 Å². The summed E-state index contributed by atoms with van der Waals surface area (Å²) in [7, 11) is -0.298. The zero-order valence-electron chi connectivity index (χ0n) is 15.8. The molecule has 0 saturated heterocycles. The first-order valence-corrected chi connectivity index (χ1v) is 13.4. The maximum atomic E-state index is 12.6. The van der Waals surface area contributed by atoms with Crippen LogP contribution >= 0.6 is 47.9 Å². The van der Waals surface area contributed by atoms with Gasteiger partial charge in [-0.05, 0) is 28.8 Å². The Bertz CT molecular complexity index is 401. The van der Waals surface area contributed by atoms with Crippen molar-refractivity contribution in [2.24, 2.45) is 0 Å². The molecule has 1 fully saturated rings. The van der Waals surface area contributed by atoms with Crippen molar-refractivity contribution in [3.8, 4) is 0 Å². The van der Waals surface area contributed by atoms with Crippen LogP contribution in [0.3, 0.4) is 0 Å². The number of halogens is 2. The molecule has 6 heteroatoms. The molecule has 0 aromatic carbocycles. The maximum Gasteiger partial charge on any atom is 0.176 e. The molecule has 2 nitrogen and oxygen atoms in total. The fourth-order valence-corrected chi connectivity index (χ4v) is 12.0. The van der Waals surface area contributed by atoms with Crippen LogP contribution in [-0.2, 0) is 4.79 Å². The van der Waals surface area contributed by atoms with Crippen LogP contribution in [0.5, 0.6) is 0 Å². The lowest BCUT2D eigenvalue weighted by Crippen LogP contribution is -2.31. The Labute approximate surface area is 162 Å². The van der Waals surface area contributed by atoms with Crippen molar-refractivity contribution in [3.05, 3.63) is 0 Å². The highest BCUT2D eigenvalue weighted by molar-refractivity contribution is 9.12. The van der Waals surface area contributed by atoms with Gasteiger partial charge in [0.05, 0.1) is 5.66 Å². The molecule has 1 aliphatic carbocycles. The van der Waals surface area contributed by atoms with Crippen molar-refractivity contribution in [1.82, 2.24) is 3.93 Å². The molecule has 1 saturated carbocycles. The molecule has 2 atom stereocenters. The first-order chi connectivity index (χ1) is 10.5. The van der Waals surface area contributed by atoms with Crippen LogP contribution in [0.4, 0.5) is 0 Å². The zero-order valence-corrected chi connectivity index (χ0v) is 20.8. The van der Waals surface area contributed by atoms with Gasteiger partial charge < -0.3 is 0 Å². The van der Waals surface area contributed by atoms with Gasteiger partial charge in [0.15, 0.2) is 10.2 Å². The molecule has 0 aromatic rings. The van der Waals surface area contributed by atoms with Crippen molar-refractivity contribution in [2.45, 2.75) is 88.1 Å². The normalized spacial score (nSPS) is 25.3. The number of carbonyl (C=O) groups excluding carboxylic acids is 1. The molecule has 0 amide bonds. The van der Waals surface area contributed by atoms with Crippen molar-refractivity contribution in [1.29, 1.82) is 0 Å². The molecule has 0 heterocycles. The number of ketones is 1. The van der Waals surface area contributed by atoms with Crippen LogP contribution in [0.15, 0.2) is 0 Å². The monoisotopic (exact) mass is 487 g/mol. The summed E-state index contributed by atoms with van der Waals surface area (Å²) in [5, 5.41) is 0. The van der Waals surface area contributed by atoms with Gasteiger partial charge in [-0.15, -0.1) is 7.92 Å². The van der Waals surface area contributed by atoms with Crippen LogP contribution in [0, 0.1) is 0 Å². The van der Waals surface area contributed by atoms with E-state index in [1.54, 1.807) is 0 Å². The molecule has 1 rings (SSSR count). The lowest BCUT2D eigenvalue weighted by Gasteiger charge is -2.31. The standard InChI is InChI=1S/C17H33Br2NOP2/c1-11(2)22(12(3)4)10-9-20(19)17(18)15(21)16(17)23(13(5)6)14(7)8/h11-14,16H,9-10H2,1-8H3. The average molecular weight is 489 g/mol. The van der Waals surface area contributed by atoms with Crippen LogP contribution in [-0.4, -0.2) is 55.2 Å². The summed E-state index contributed by atoms with van der Waals surface area (Å²) in [5.41, 5.74) is 2.82. The number of alkyl halides is 1. The van der Waals surface area contributed by atoms with Gasteiger partial charge in [-0.3, -0.25) is 4.79 Å². The van der Waals surface area contributed by atoms with E-state index in [-0.39, 0.29) is 21.5 Å². The molecular weight excluding hydrogens is 456 g/mol. The summed E-state index contributed by atoms with van der Waals surface area (Å²) in [6.45, 7) is 19.3. The minimum absolute atomic E-state index is 0.00219. The zero-order chi connectivity index (χ0) is 18.1. The first kappa shape index (κ1) is 22.5. The molecule has 0 aromatic heterocycles. The third kappa shape index (κ3) is 5.00. The second-order valence-corrected chi connectivity index (χ2v) is 16.7. The number of hydrogen-bond donors (Lipinski definition) is 0. The van der Waals surface area contributed by atoms with Gasteiger partial charge in [0.1, 0.15) is 0 Å². The fourth-order valence-electron chi connectivity index (χ4n) is 3.51. The maximum absolute atomic E-state index is 12.6. The van der Waals surface area contributed by atoms with Crippen LogP contribution in [0.2, 0.25) is 0 Å². The van der Waals surface area contributed by atoms with E-state index in [9.17, 15) is 4.79 Å². The molecule has 2 unspecified atom stereocenters. The largest absolute Gasteiger partial charge is 0.296 e. The third-order valence-electron chi connectivity index (χ3n) is 4.60. The Hall–Kier alpha value is 1.45. The number of Topliss-reactive ketones (excluding diaryl/α,β-unsaturated/α-hetero) is 1. The molecule has 0 spiro atoms. The smallest absolute Gasteiger partial charge is 0.176 e. The first-order valence-electron chi connectivity index (χ1n) is 8.66. The molecule has 23 heavy (non-hydrogen) atoms.